The van der Waals surface area contributed by atoms with Crippen molar-refractivity contribution >= 4 is 50.2 Å². The number of carbonyl (C=O) groups is 1. The van der Waals surface area contributed by atoms with Crippen molar-refractivity contribution in [2.24, 2.45) is 0 Å². The molecule has 0 aliphatic heterocycles. The zero-order valence-electron chi connectivity index (χ0n) is 24.7. The smallest absolute Gasteiger partial charge is 0.418 e. The monoisotopic (exact) mass is 680 g/mol. The Kier molecular flexibility index (Phi) is 8.47. The molecule has 2 aromatic carbocycles. The number of aryl methyl sites for hydroxylation is 2. The minimum atomic E-state index is -4.80. The van der Waals surface area contributed by atoms with Gasteiger partial charge in [-0.3, -0.25) is 14.3 Å². The Morgan fingerprint density at radius 3 is 2.49 bits per heavy atom. The van der Waals surface area contributed by atoms with Crippen molar-refractivity contribution in [2.45, 2.75) is 33.2 Å². The fourth-order valence-electron chi connectivity index (χ4n) is 5.40. The minimum absolute atomic E-state index is 0.0200. The third-order valence-corrected chi connectivity index (χ3v) is 8.79. The van der Waals surface area contributed by atoms with Crippen molar-refractivity contribution in [2.75, 3.05) is 6.61 Å². The molecule has 14 heteroatoms. The predicted molar refractivity (Wildman–Crippen MR) is 172 cm³/mol. The van der Waals surface area contributed by atoms with E-state index in [9.17, 15) is 33.0 Å². The van der Waals surface area contributed by atoms with Gasteiger partial charge in [-0.05, 0) is 49.7 Å². The lowest BCUT2D eigenvalue weighted by Gasteiger charge is -2.17. The van der Waals surface area contributed by atoms with Crippen molar-refractivity contribution in [3.05, 3.63) is 104 Å². The number of fused-ring (bicyclic) bond motifs is 2. The number of ether oxygens (including phenoxy) is 1. The third kappa shape index (κ3) is 6.04. The number of nitrogens with zero attached hydrogens (tertiary/aromatic N) is 4. The largest absolute Gasteiger partial charge is 0.491 e. The molecule has 4 aromatic heterocycles. The van der Waals surface area contributed by atoms with Crippen molar-refractivity contribution in [1.82, 2.24) is 19.5 Å². The van der Waals surface area contributed by atoms with Gasteiger partial charge in [0.2, 0.25) is 0 Å². The molecule has 6 rings (SSSR count). The molecule has 4 heterocycles. The van der Waals surface area contributed by atoms with Gasteiger partial charge in [-0.25, -0.2) is 14.8 Å². The normalized spacial score (nSPS) is 11.8. The first-order chi connectivity index (χ1) is 22.4. The van der Waals surface area contributed by atoms with Gasteiger partial charge in [0.15, 0.2) is 5.52 Å². The van der Waals surface area contributed by atoms with E-state index in [2.05, 4.69) is 15.0 Å². The summed E-state index contributed by atoms with van der Waals surface area (Å²) in [7, 11) is 0. The maximum atomic E-state index is 14.2. The summed E-state index contributed by atoms with van der Waals surface area (Å²) in [6.45, 7) is 2.67. The van der Waals surface area contributed by atoms with Gasteiger partial charge in [-0.1, -0.05) is 35.9 Å². The van der Waals surface area contributed by atoms with E-state index in [0.29, 0.717) is 37.8 Å². The van der Waals surface area contributed by atoms with Crippen molar-refractivity contribution < 1.29 is 32.9 Å². The van der Waals surface area contributed by atoms with Gasteiger partial charge in [0, 0.05) is 32.8 Å². The average molecular weight is 681 g/mol. The van der Waals surface area contributed by atoms with Gasteiger partial charge in [-0.2, -0.15) is 13.2 Å². The molecule has 0 fully saturated rings. The molecule has 6 aromatic rings. The quantitative estimate of drug-likeness (QED) is 0.172. The molecule has 0 spiro atoms. The van der Waals surface area contributed by atoms with Crippen molar-refractivity contribution in [3.8, 4) is 28.1 Å². The van der Waals surface area contributed by atoms with Crippen LogP contribution in [0.5, 0.6) is 5.75 Å². The number of aromatic nitrogens is 4. The van der Waals surface area contributed by atoms with Crippen LogP contribution in [0.4, 0.5) is 13.2 Å². The molecule has 0 saturated carbocycles. The van der Waals surface area contributed by atoms with Crippen LogP contribution in [-0.2, 0) is 19.3 Å². The van der Waals surface area contributed by atoms with E-state index in [4.69, 9.17) is 16.3 Å². The Bertz CT molecular complexity index is 2270. The third-order valence-electron chi connectivity index (χ3n) is 7.56. The number of carboxylic acids is 1. The van der Waals surface area contributed by atoms with Crippen LogP contribution in [0.3, 0.4) is 0 Å². The molecule has 9 nitrogen and oxygen atoms in total. The summed E-state index contributed by atoms with van der Waals surface area (Å²) in [5.41, 5.74) is -0.148. The zero-order chi connectivity index (χ0) is 33.6. The van der Waals surface area contributed by atoms with Crippen molar-refractivity contribution in [1.29, 1.82) is 0 Å². The lowest BCUT2D eigenvalue weighted by atomic mass is 9.99. The highest BCUT2D eigenvalue weighted by molar-refractivity contribution is 7.18. The molecule has 0 unspecified atom stereocenters. The fourth-order valence-corrected chi connectivity index (χ4v) is 6.59. The van der Waals surface area contributed by atoms with E-state index in [0.717, 1.165) is 6.07 Å². The highest BCUT2D eigenvalue weighted by atomic mass is 35.5. The first-order valence-corrected chi connectivity index (χ1v) is 15.4. The summed E-state index contributed by atoms with van der Waals surface area (Å²) in [5, 5.41) is 21.3. The van der Waals surface area contributed by atoms with Crippen LogP contribution >= 0.6 is 22.9 Å². The lowest BCUT2D eigenvalue weighted by molar-refractivity contribution is -0.137. The van der Waals surface area contributed by atoms with Crippen molar-refractivity contribution in [3.63, 3.8) is 0 Å². The Balaban J connectivity index is 1.38. The second kappa shape index (κ2) is 12.4. The van der Waals surface area contributed by atoms with Crippen LogP contribution in [0.2, 0.25) is 5.02 Å². The van der Waals surface area contributed by atoms with Crippen LogP contribution in [0.15, 0.2) is 64.8 Å². The van der Waals surface area contributed by atoms with Crippen LogP contribution in [0, 0.1) is 13.8 Å². The minimum Gasteiger partial charge on any atom is -0.491 e. The lowest BCUT2D eigenvalue weighted by Crippen LogP contribution is -2.27. The zero-order valence-corrected chi connectivity index (χ0v) is 26.3. The topological polar surface area (TPSA) is 127 Å². The molecule has 0 saturated heterocycles. The molecule has 0 bridgehead atoms. The number of carboxylic acid groups (broad SMARTS) is 1. The Labute approximate surface area is 273 Å². The standard InChI is InChI=1S/C33H24ClF3N4O5S/c1-16-11-22(30-28(38-16)23(15-47-30)32(44)45)21-12-19(34)7-8-26(21)46-10-9-41-17(2)39-25-13-24(33(35,36)37)27(40-29(25)31(41)43)20-6-4-3-5-18(20)14-42/h3-8,11-13,15,42H,9-10,14H2,1-2H3,(H,44,45). The maximum absolute atomic E-state index is 14.2. The SMILES string of the molecule is Cc1cc(-c2cc(Cl)ccc2OCCn2c(C)nc3cc(C(F)(F)F)c(-c4ccccc4CO)nc3c2=O)c2scc(C(=O)O)c2n1. The Morgan fingerprint density at radius 2 is 1.77 bits per heavy atom. The molecule has 0 radical (unpaired) electrons. The second-order valence-corrected chi connectivity index (χ2v) is 11.9. The van der Waals surface area contributed by atoms with E-state index >= 15 is 0 Å². The Morgan fingerprint density at radius 1 is 1.00 bits per heavy atom. The molecular weight excluding hydrogens is 657 g/mol. The Hall–Kier alpha value is -4.85. The summed E-state index contributed by atoms with van der Waals surface area (Å²) < 4.78 is 50.5. The summed E-state index contributed by atoms with van der Waals surface area (Å²) >= 11 is 7.58. The van der Waals surface area contributed by atoms with Gasteiger partial charge in [0.1, 0.15) is 18.2 Å². The highest BCUT2D eigenvalue weighted by Gasteiger charge is 2.36. The van der Waals surface area contributed by atoms with Gasteiger partial charge in [0.05, 0.1) is 45.7 Å². The van der Waals surface area contributed by atoms with E-state index in [1.165, 1.54) is 46.4 Å². The predicted octanol–water partition coefficient (Wildman–Crippen LogP) is 7.29. The molecule has 0 aliphatic carbocycles. The molecule has 0 atom stereocenters. The highest BCUT2D eigenvalue weighted by Crippen LogP contribution is 2.41. The van der Waals surface area contributed by atoms with E-state index in [-0.39, 0.29) is 46.7 Å². The van der Waals surface area contributed by atoms with Crippen LogP contribution < -0.4 is 10.3 Å². The molecule has 240 valence electrons. The second-order valence-electron chi connectivity index (χ2n) is 10.6. The molecule has 47 heavy (non-hydrogen) atoms. The number of halogens is 4. The summed E-state index contributed by atoms with van der Waals surface area (Å²) in [5.74, 6) is -0.532. The summed E-state index contributed by atoms with van der Waals surface area (Å²) in [6.07, 6.45) is -4.80. The van der Waals surface area contributed by atoms with E-state index in [1.54, 1.807) is 37.3 Å². The number of pyridine rings is 2. The molecule has 0 aliphatic rings. The van der Waals surface area contributed by atoms with E-state index < -0.39 is 35.6 Å². The molecule has 0 amide bonds. The van der Waals surface area contributed by atoms with Gasteiger partial charge >= 0.3 is 12.1 Å². The summed E-state index contributed by atoms with van der Waals surface area (Å²) in [6, 6.07) is 13.6. The number of thiophene rings is 1. The number of rotatable bonds is 8. The summed E-state index contributed by atoms with van der Waals surface area (Å²) in [4.78, 5) is 38.3. The first-order valence-electron chi connectivity index (χ1n) is 14.1. The molecular formula is C33H24ClF3N4O5S. The first kappa shape index (κ1) is 32.1. The number of aromatic carboxylic acids is 1. The number of hydrogen-bond donors (Lipinski definition) is 2. The van der Waals surface area contributed by atoms with Crippen LogP contribution in [-0.4, -0.2) is 42.3 Å². The number of aliphatic hydroxyl groups is 1. The van der Waals surface area contributed by atoms with Gasteiger partial charge in [0.25, 0.3) is 5.56 Å². The fraction of sp³-hybridized carbons (Fsp3) is 0.182. The number of aliphatic hydroxyl groups excluding tert-OH is 1. The van der Waals surface area contributed by atoms with Gasteiger partial charge in [-0.15, -0.1) is 11.3 Å². The number of alkyl halides is 3. The van der Waals surface area contributed by atoms with Crippen LogP contribution in [0.1, 0.15) is 33.0 Å². The van der Waals surface area contributed by atoms with Gasteiger partial charge < -0.3 is 14.9 Å². The van der Waals surface area contributed by atoms with Crippen LogP contribution in [0.25, 0.3) is 43.6 Å². The van der Waals surface area contributed by atoms with E-state index in [1.807, 2.05) is 0 Å². The number of hydrogen-bond acceptors (Lipinski definition) is 8. The average Bonchev–Trinajstić information content (AvgIpc) is 3.46. The molecule has 2 N–H and O–H groups in total. The number of benzene rings is 2. The maximum Gasteiger partial charge on any atom is 0.418 e.